The van der Waals surface area contributed by atoms with Crippen molar-refractivity contribution < 1.29 is 4.79 Å². The van der Waals surface area contributed by atoms with Gasteiger partial charge in [0.2, 0.25) is 5.91 Å². The van der Waals surface area contributed by atoms with E-state index in [0.717, 1.165) is 0 Å². The number of aryl methyl sites for hydroxylation is 1. The van der Waals surface area contributed by atoms with Crippen LogP contribution in [-0.2, 0) is 11.2 Å². The highest BCUT2D eigenvalue weighted by atomic mass is 35.5. The van der Waals surface area contributed by atoms with E-state index in [4.69, 9.17) is 40.1 Å². The van der Waals surface area contributed by atoms with E-state index in [2.05, 4.69) is 10.3 Å². The summed E-state index contributed by atoms with van der Waals surface area (Å²) in [4.78, 5) is 16.1. The lowest BCUT2D eigenvalue weighted by Gasteiger charge is -2.09. The van der Waals surface area contributed by atoms with E-state index in [1.54, 1.807) is 19.1 Å². The molecule has 0 saturated heterocycles. The first-order chi connectivity index (χ1) is 10.4. The number of nitrogens with one attached hydrogen (secondary N) is 1. The van der Waals surface area contributed by atoms with Crippen LogP contribution < -0.4 is 5.32 Å². The third kappa shape index (κ3) is 3.89. The molecule has 1 aromatic heterocycles. The molecule has 4 nitrogen and oxygen atoms in total. The van der Waals surface area contributed by atoms with Crippen LogP contribution >= 0.6 is 34.8 Å². The summed E-state index contributed by atoms with van der Waals surface area (Å²) in [7, 11) is 0. The number of hydrogen-bond acceptors (Lipinski definition) is 3. The maximum absolute atomic E-state index is 12.1. The molecule has 2 rings (SSSR count). The quantitative estimate of drug-likeness (QED) is 0.831. The summed E-state index contributed by atoms with van der Waals surface area (Å²) in [5, 5.41) is 12.4. The normalized spacial score (nSPS) is 10.1. The van der Waals surface area contributed by atoms with Crippen LogP contribution in [0.5, 0.6) is 0 Å². The Bertz CT molecular complexity index is 761. The molecule has 7 heteroatoms. The molecule has 1 amide bonds. The van der Waals surface area contributed by atoms with Crippen molar-refractivity contribution >= 4 is 46.4 Å². The van der Waals surface area contributed by atoms with Crippen LogP contribution in [0.3, 0.4) is 0 Å². The lowest BCUT2D eigenvalue weighted by atomic mass is 10.1. The van der Waals surface area contributed by atoms with Crippen LogP contribution in [0.4, 0.5) is 5.69 Å². The number of carbonyl (C=O) groups excluding carboxylic acids is 1. The lowest BCUT2D eigenvalue weighted by Crippen LogP contribution is -2.15. The van der Waals surface area contributed by atoms with Crippen molar-refractivity contribution in [3.63, 3.8) is 0 Å². The molecular formula is C15H10Cl3N3O. The Morgan fingerprint density at radius 1 is 1.27 bits per heavy atom. The predicted molar refractivity (Wildman–Crippen MR) is 87.5 cm³/mol. The molecular weight excluding hydrogens is 345 g/mol. The highest BCUT2D eigenvalue weighted by Crippen LogP contribution is 2.25. The first-order valence-electron chi connectivity index (χ1n) is 6.21. The standard InChI is InChI=1S/C15H10Cl3N3O/c1-8-4-13(17)11(15(18)20-8)6-14(22)21-10-3-2-9(7-19)12(16)5-10/h2-5H,6H2,1H3,(H,21,22). The van der Waals surface area contributed by atoms with Gasteiger partial charge in [-0.15, -0.1) is 0 Å². The van der Waals surface area contributed by atoms with E-state index in [0.29, 0.717) is 27.5 Å². The van der Waals surface area contributed by atoms with Gasteiger partial charge in [0.05, 0.1) is 17.0 Å². The smallest absolute Gasteiger partial charge is 0.228 e. The molecule has 0 spiro atoms. The predicted octanol–water partition coefficient (Wildman–Crippen LogP) is 4.40. The van der Waals surface area contributed by atoms with Crippen LogP contribution in [0.2, 0.25) is 15.2 Å². The maximum atomic E-state index is 12.1. The van der Waals surface area contributed by atoms with E-state index in [1.807, 2.05) is 6.07 Å². The zero-order chi connectivity index (χ0) is 16.3. The molecule has 0 atom stereocenters. The number of nitriles is 1. The van der Waals surface area contributed by atoms with Crippen LogP contribution in [0.15, 0.2) is 24.3 Å². The van der Waals surface area contributed by atoms with Crippen molar-refractivity contribution in [1.82, 2.24) is 4.98 Å². The highest BCUT2D eigenvalue weighted by molar-refractivity contribution is 6.35. The monoisotopic (exact) mass is 353 g/mol. The van der Waals surface area contributed by atoms with Crippen LogP contribution in [-0.4, -0.2) is 10.9 Å². The van der Waals surface area contributed by atoms with Gasteiger partial charge >= 0.3 is 0 Å². The topological polar surface area (TPSA) is 65.8 Å². The minimum Gasteiger partial charge on any atom is -0.326 e. The van der Waals surface area contributed by atoms with E-state index in [-0.39, 0.29) is 22.5 Å². The lowest BCUT2D eigenvalue weighted by molar-refractivity contribution is -0.115. The van der Waals surface area contributed by atoms with Crippen molar-refractivity contribution in [2.75, 3.05) is 5.32 Å². The Kier molecular flexibility index (Phi) is 5.25. The molecule has 1 aromatic carbocycles. The summed E-state index contributed by atoms with van der Waals surface area (Å²) in [6.07, 6.45) is -0.0113. The average Bonchev–Trinajstić information content (AvgIpc) is 2.43. The van der Waals surface area contributed by atoms with Gasteiger partial charge in [0.15, 0.2) is 0 Å². The molecule has 0 radical (unpaired) electrons. The number of rotatable bonds is 3. The van der Waals surface area contributed by atoms with Crippen molar-refractivity contribution in [1.29, 1.82) is 5.26 Å². The molecule has 22 heavy (non-hydrogen) atoms. The number of anilines is 1. The number of halogens is 3. The summed E-state index contributed by atoms with van der Waals surface area (Å²) in [5.74, 6) is -0.310. The highest BCUT2D eigenvalue weighted by Gasteiger charge is 2.13. The fourth-order valence-corrected chi connectivity index (χ4v) is 2.72. The van der Waals surface area contributed by atoms with E-state index in [1.165, 1.54) is 12.1 Å². The molecule has 0 aliphatic carbocycles. The van der Waals surface area contributed by atoms with E-state index < -0.39 is 0 Å². The Hall–Kier alpha value is -1.80. The largest absolute Gasteiger partial charge is 0.326 e. The van der Waals surface area contributed by atoms with Gasteiger partial charge in [0, 0.05) is 22.0 Å². The summed E-state index contributed by atoms with van der Waals surface area (Å²) < 4.78 is 0. The maximum Gasteiger partial charge on any atom is 0.228 e. The molecule has 0 aliphatic rings. The van der Waals surface area contributed by atoms with Gasteiger partial charge in [-0.1, -0.05) is 34.8 Å². The van der Waals surface area contributed by atoms with Gasteiger partial charge in [-0.3, -0.25) is 4.79 Å². The number of aromatic nitrogens is 1. The molecule has 0 unspecified atom stereocenters. The van der Waals surface area contributed by atoms with Crippen molar-refractivity contribution in [2.24, 2.45) is 0 Å². The summed E-state index contributed by atoms with van der Waals surface area (Å²) in [6.45, 7) is 1.76. The number of hydrogen-bond donors (Lipinski definition) is 1. The third-order valence-corrected chi connectivity index (χ3v) is 3.82. The average molecular weight is 355 g/mol. The SMILES string of the molecule is Cc1cc(Cl)c(CC(=O)Nc2ccc(C#N)c(Cl)c2)c(Cl)n1. The number of pyridine rings is 1. The second-order valence-electron chi connectivity index (χ2n) is 4.55. The van der Waals surface area contributed by atoms with Crippen molar-refractivity contribution in [3.05, 3.63) is 56.3 Å². The molecule has 1 N–H and O–H groups in total. The van der Waals surface area contributed by atoms with Gasteiger partial charge in [0.25, 0.3) is 0 Å². The van der Waals surface area contributed by atoms with Crippen molar-refractivity contribution in [2.45, 2.75) is 13.3 Å². The third-order valence-electron chi connectivity index (χ3n) is 2.86. The van der Waals surface area contributed by atoms with Crippen molar-refractivity contribution in [3.8, 4) is 6.07 Å². The fourth-order valence-electron chi connectivity index (χ4n) is 1.83. The summed E-state index contributed by atoms with van der Waals surface area (Å²) >= 11 is 18.0. The minimum atomic E-state index is -0.310. The van der Waals surface area contributed by atoms with Crippen LogP contribution in [0.1, 0.15) is 16.8 Å². The van der Waals surface area contributed by atoms with E-state index in [9.17, 15) is 4.79 Å². The molecule has 0 fully saturated rings. The Morgan fingerprint density at radius 2 is 2.00 bits per heavy atom. The fraction of sp³-hybridized carbons (Fsp3) is 0.133. The van der Waals surface area contributed by atoms with Gasteiger partial charge in [-0.05, 0) is 31.2 Å². The zero-order valence-corrected chi connectivity index (χ0v) is 13.7. The van der Waals surface area contributed by atoms with Gasteiger partial charge < -0.3 is 5.32 Å². The second-order valence-corrected chi connectivity index (χ2v) is 5.72. The summed E-state index contributed by atoms with van der Waals surface area (Å²) in [5.41, 5.74) is 1.97. The van der Waals surface area contributed by atoms with Crippen LogP contribution in [0.25, 0.3) is 0 Å². The first-order valence-corrected chi connectivity index (χ1v) is 7.35. The number of carbonyl (C=O) groups is 1. The van der Waals surface area contributed by atoms with Gasteiger partial charge in [0.1, 0.15) is 11.2 Å². The molecule has 1 heterocycles. The number of amides is 1. The molecule has 112 valence electrons. The summed E-state index contributed by atoms with van der Waals surface area (Å²) in [6, 6.07) is 8.23. The Labute approximate surface area is 142 Å². The van der Waals surface area contributed by atoms with Gasteiger partial charge in [-0.2, -0.15) is 5.26 Å². The number of nitrogens with zero attached hydrogens (tertiary/aromatic N) is 2. The molecule has 2 aromatic rings. The Morgan fingerprint density at radius 3 is 2.59 bits per heavy atom. The molecule has 0 saturated carbocycles. The van der Waals surface area contributed by atoms with E-state index >= 15 is 0 Å². The molecule has 0 bridgehead atoms. The number of benzene rings is 1. The van der Waals surface area contributed by atoms with Crippen LogP contribution in [0, 0.1) is 18.3 Å². The first kappa shape index (κ1) is 16.6. The zero-order valence-electron chi connectivity index (χ0n) is 11.5. The van der Waals surface area contributed by atoms with Gasteiger partial charge in [-0.25, -0.2) is 4.98 Å². The molecule has 0 aliphatic heterocycles. The minimum absolute atomic E-state index is 0.0113. The second kappa shape index (κ2) is 6.97. The Balaban J connectivity index is 2.14.